The molecule has 0 aliphatic carbocycles. The number of alkyl halides is 1. The molecule has 88 valence electrons. The highest BCUT2D eigenvalue weighted by Gasteiger charge is 2.21. The van der Waals surface area contributed by atoms with Gasteiger partial charge in [0.25, 0.3) is 0 Å². The maximum atomic E-state index is 11.0. The molecule has 0 spiro atoms. The topological polar surface area (TPSA) is 29.5 Å². The molecule has 0 aromatic carbocycles. The van der Waals surface area contributed by atoms with Gasteiger partial charge in [0.15, 0.2) is 0 Å². The van der Waals surface area contributed by atoms with Crippen molar-refractivity contribution >= 4 is 17.6 Å². The molecule has 1 heterocycles. The third kappa shape index (κ3) is 4.39. The molecular weight excluding hydrogens is 214 g/mol. The van der Waals surface area contributed by atoms with E-state index in [9.17, 15) is 4.79 Å². The third-order valence-electron chi connectivity index (χ3n) is 3.02. The van der Waals surface area contributed by atoms with Crippen molar-refractivity contribution in [2.75, 3.05) is 26.1 Å². The summed E-state index contributed by atoms with van der Waals surface area (Å²) < 4.78 is 4.64. The van der Waals surface area contributed by atoms with E-state index < -0.39 is 0 Å². The smallest absolute Gasteiger partial charge is 0.306 e. The van der Waals surface area contributed by atoms with E-state index in [1.807, 2.05) is 0 Å². The van der Waals surface area contributed by atoms with Gasteiger partial charge < -0.3 is 4.74 Å². The largest absolute Gasteiger partial charge is 0.469 e. The Bertz CT molecular complexity index is 197. The van der Waals surface area contributed by atoms with Gasteiger partial charge >= 0.3 is 5.97 Å². The molecule has 0 aromatic rings. The molecule has 1 saturated heterocycles. The van der Waals surface area contributed by atoms with E-state index in [-0.39, 0.29) is 5.97 Å². The molecule has 0 bridgehead atoms. The molecule has 0 N–H and O–H groups in total. The van der Waals surface area contributed by atoms with Crippen LogP contribution in [-0.4, -0.2) is 43.0 Å². The summed E-state index contributed by atoms with van der Waals surface area (Å²) in [4.78, 5) is 13.4. The Hall–Kier alpha value is -0.280. The van der Waals surface area contributed by atoms with Crippen molar-refractivity contribution in [2.45, 2.75) is 38.1 Å². The number of halogens is 1. The fourth-order valence-electron chi connectivity index (χ4n) is 2.14. The van der Waals surface area contributed by atoms with Crippen molar-refractivity contribution in [3.05, 3.63) is 0 Å². The summed E-state index contributed by atoms with van der Waals surface area (Å²) in [7, 11) is 1.44. The van der Waals surface area contributed by atoms with Gasteiger partial charge in [0, 0.05) is 18.5 Å². The van der Waals surface area contributed by atoms with Gasteiger partial charge in [0.2, 0.25) is 0 Å². The van der Waals surface area contributed by atoms with Crippen molar-refractivity contribution in [1.82, 2.24) is 4.90 Å². The van der Waals surface area contributed by atoms with Crippen LogP contribution in [0.5, 0.6) is 0 Å². The molecule has 0 aromatic heterocycles. The lowest BCUT2D eigenvalue weighted by molar-refractivity contribution is -0.141. The number of hydrogen-bond donors (Lipinski definition) is 0. The highest BCUT2D eigenvalue weighted by molar-refractivity contribution is 6.17. The van der Waals surface area contributed by atoms with Crippen molar-refractivity contribution in [1.29, 1.82) is 0 Å². The second-order valence-electron chi connectivity index (χ2n) is 3.99. The number of esters is 1. The fraction of sp³-hybridized carbons (Fsp3) is 0.909. The minimum atomic E-state index is -0.120. The lowest BCUT2D eigenvalue weighted by Gasteiger charge is -2.35. The Labute approximate surface area is 96.7 Å². The van der Waals surface area contributed by atoms with Crippen LogP contribution < -0.4 is 0 Å². The van der Waals surface area contributed by atoms with E-state index >= 15 is 0 Å². The number of carbonyl (C=O) groups excluding carboxylic acids is 1. The van der Waals surface area contributed by atoms with Crippen LogP contribution in [0.1, 0.15) is 32.1 Å². The molecule has 1 aliphatic rings. The number of hydrogen-bond acceptors (Lipinski definition) is 3. The Balaban J connectivity index is 2.32. The summed E-state index contributed by atoms with van der Waals surface area (Å²) in [6, 6.07) is 0.570. The van der Waals surface area contributed by atoms with Gasteiger partial charge in [-0.3, -0.25) is 9.69 Å². The lowest BCUT2D eigenvalue weighted by Crippen LogP contribution is -2.41. The van der Waals surface area contributed by atoms with Crippen LogP contribution in [0.4, 0.5) is 0 Å². The Morgan fingerprint density at radius 2 is 2.33 bits per heavy atom. The number of methoxy groups -OCH3 is 1. The van der Waals surface area contributed by atoms with E-state index in [1.165, 1.54) is 26.4 Å². The zero-order chi connectivity index (χ0) is 11.1. The summed E-state index contributed by atoms with van der Waals surface area (Å²) in [6.07, 6.45) is 5.27. The van der Waals surface area contributed by atoms with Crippen LogP contribution >= 0.6 is 11.6 Å². The van der Waals surface area contributed by atoms with Crippen molar-refractivity contribution in [2.24, 2.45) is 0 Å². The Kier molecular flexibility index (Phi) is 6.03. The summed E-state index contributed by atoms with van der Waals surface area (Å²) in [5.74, 6) is 0.588. The molecule has 1 aliphatic heterocycles. The van der Waals surface area contributed by atoms with Gasteiger partial charge in [-0.1, -0.05) is 6.42 Å². The summed E-state index contributed by atoms with van der Waals surface area (Å²) in [5, 5.41) is 0. The summed E-state index contributed by atoms with van der Waals surface area (Å²) in [6.45, 7) is 1.91. The molecule has 1 fully saturated rings. The summed E-state index contributed by atoms with van der Waals surface area (Å²) in [5.41, 5.74) is 0. The highest BCUT2D eigenvalue weighted by atomic mass is 35.5. The summed E-state index contributed by atoms with van der Waals surface area (Å²) >= 11 is 5.77. The van der Waals surface area contributed by atoms with Crippen LogP contribution in [0.2, 0.25) is 0 Å². The monoisotopic (exact) mass is 233 g/mol. The van der Waals surface area contributed by atoms with E-state index in [1.54, 1.807) is 0 Å². The standard InChI is InChI=1S/C11H20ClNO2/c1-15-11(14)6-9-13-8-3-2-4-10(13)5-7-12/h10H,2-9H2,1H3. The van der Waals surface area contributed by atoms with E-state index in [0.29, 0.717) is 18.3 Å². The molecule has 0 saturated carbocycles. The molecule has 4 heteroatoms. The predicted molar refractivity (Wildman–Crippen MR) is 61.2 cm³/mol. The molecule has 1 unspecified atom stereocenters. The van der Waals surface area contributed by atoms with Crippen molar-refractivity contribution in [3.8, 4) is 0 Å². The van der Waals surface area contributed by atoms with E-state index in [2.05, 4.69) is 9.64 Å². The van der Waals surface area contributed by atoms with Crippen molar-refractivity contribution in [3.63, 3.8) is 0 Å². The predicted octanol–water partition coefficient (Wildman–Crippen LogP) is 2.03. The third-order valence-corrected chi connectivity index (χ3v) is 3.24. The van der Waals surface area contributed by atoms with Crippen LogP contribution in [0.15, 0.2) is 0 Å². The maximum absolute atomic E-state index is 11.0. The van der Waals surface area contributed by atoms with Gasteiger partial charge in [-0.25, -0.2) is 0 Å². The second kappa shape index (κ2) is 7.07. The molecule has 0 radical (unpaired) electrons. The number of rotatable bonds is 5. The maximum Gasteiger partial charge on any atom is 0.306 e. The molecule has 15 heavy (non-hydrogen) atoms. The van der Waals surface area contributed by atoms with Gasteiger partial charge in [-0.15, -0.1) is 11.6 Å². The second-order valence-corrected chi connectivity index (χ2v) is 4.37. The number of likely N-dealkylation sites (tertiary alicyclic amines) is 1. The fourth-order valence-corrected chi connectivity index (χ4v) is 2.40. The number of piperidine rings is 1. The van der Waals surface area contributed by atoms with Gasteiger partial charge in [0.1, 0.15) is 0 Å². The quantitative estimate of drug-likeness (QED) is 0.538. The van der Waals surface area contributed by atoms with Gasteiger partial charge in [-0.05, 0) is 25.8 Å². The van der Waals surface area contributed by atoms with Crippen LogP contribution in [-0.2, 0) is 9.53 Å². The van der Waals surface area contributed by atoms with Crippen LogP contribution in [0.3, 0.4) is 0 Å². The lowest BCUT2D eigenvalue weighted by atomic mass is 10.00. The zero-order valence-corrected chi connectivity index (χ0v) is 10.1. The average Bonchev–Trinajstić information content (AvgIpc) is 2.28. The average molecular weight is 234 g/mol. The molecule has 1 rings (SSSR count). The minimum Gasteiger partial charge on any atom is -0.469 e. The van der Waals surface area contributed by atoms with Gasteiger partial charge in [0.05, 0.1) is 13.5 Å². The molecule has 1 atom stereocenters. The van der Waals surface area contributed by atoms with Crippen LogP contribution in [0.25, 0.3) is 0 Å². The molecular formula is C11H20ClNO2. The zero-order valence-electron chi connectivity index (χ0n) is 9.38. The Morgan fingerprint density at radius 1 is 1.53 bits per heavy atom. The van der Waals surface area contributed by atoms with E-state index in [4.69, 9.17) is 11.6 Å². The van der Waals surface area contributed by atoms with Gasteiger partial charge in [-0.2, -0.15) is 0 Å². The normalized spacial score (nSPS) is 22.7. The SMILES string of the molecule is COC(=O)CCN1CCCCC1CCCl. The number of carbonyl (C=O) groups is 1. The first-order valence-corrected chi connectivity index (χ1v) is 6.18. The highest BCUT2D eigenvalue weighted by Crippen LogP contribution is 2.20. The Morgan fingerprint density at radius 3 is 3.00 bits per heavy atom. The van der Waals surface area contributed by atoms with Crippen molar-refractivity contribution < 1.29 is 9.53 Å². The first-order valence-electron chi connectivity index (χ1n) is 5.64. The first-order chi connectivity index (χ1) is 7.27. The molecule has 0 amide bonds. The number of nitrogens with zero attached hydrogens (tertiary/aromatic N) is 1. The van der Waals surface area contributed by atoms with Crippen LogP contribution in [0, 0.1) is 0 Å². The minimum absolute atomic E-state index is 0.120. The molecule has 3 nitrogen and oxygen atoms in total. The van der Waals surface area contributed by atoms with E-state index in [0.717, 1.165) is 19.5 Å². The number of ether oxygens (including phenoxy) is 1. The first kappa shape index (κ1) is 12.8.